The molecule has 4 nitrogen and oxygen atoms in total. The van der Waals surface area contributed by atoms with Gasteiger partial charge in [0.25, 0.3) is 0 Å². The van der Waals surface area contributed by atoms with Crippen molar-refractivity contribution < 1.29 is 9.84 Å². The summed E-state index contributed by atoms with van der Waals surface area (Å²) in [5.74, 6) is 0. The van der Waals surface area contributed by atoms with Crippen molar-refractivity contribution in [2.45, 2.75) is 44.2 Å². The molecule has 1 aromatic carbocycles. The molecule has 0 unspecified atom stereocenters. The van der Waals surface area contributed by atoms with Gasteiger partial charge in [-0.05, 0) is 30.5 Å². The molecule has 0 aromatic heterocycles. The van der Waals surface area contributed by atoms with Crippen LogP contribution in [0.2, 0.25) is 0 Å². The number of hydrogen-bond donors (Lipinski definition) is 2. The Bertz CT molecular complexity index is 449. The number of morpholine rings is 1. The number of rotatable bonds is 5. The van der Waals surface area contributed by atoms with Gasteiger partial charge >= 0.3 is 0 Å². The van der Waals surface area contributed by atoms with Gasteiger partial charge in [-0.25, -0.2) is 0 Å². The van der Waals surface area contributed by atoms with Gasteiger partial charge in [-0.3, -0.25) is 0 Å². The number of aliphatic hydroxyl groups is 1. The monoisotopic (exact) mass is 304 g/mol. The van der Waals surface area contributed by atoms with Crippen LogP contribution in [0.1, 0.15) is 37.7 Å². The predicted molar refractivity (Wildman–Crippen MR) is 89.2 cm³/mol. The smallest absolute Gasteiger partial charge is 0.0771 e. The topological polar surface area (TPSA) is 44.7 Å². The van der Waals surface area contributed by atoms with E-state index in [9.17, 15) is 5.11 Å². The van der Waals surface area contributed by atoms with Crippen LogP contribution < -0.4 is 10.2 Å². The summed E-state index contributed by atoms with van der Waals surface area (Å²) in [6.45, 7) is 5.13. The Labute approximate surface area is 133 Å². The van der Waals surface area contributed by atoms with Crippen LogP contribution in [-0.4, -0.2) is 43.6 Å². The van der Waals surface area contributed by atoms with E-state index in [1.165, 1.54) is 17.7 Å². The Morgan fingerprint density at radius 2 is 1.73 bits per heavy atom. The third kappa shape index (κ3) is 4.22. The van der Waals surface area contributed by atoms with Crippen LogP contribution in [0.4, 0.5) is 5.69 Å². The van der Waals surface area contributed by atoms with Gasteiger partial charge in [0.2, 0.25) is 0 Å². The summed E-state index contributed by atoms with van der Waals surface area (Å²) in [5.41, 5.74) is 2.07. The second kappa shape index (κ2) is 7.44. The van der Waals surface area contributed by atoms with Crippen molar-refractivity contribution in [1.82, 2.24) is 5.32 Å². The molecule has 1 aromatic rings. The van der Waals surface area contributed by atoms with E-state index in [0.29, 0.717) is 6.54 Å². The molecule has 22 heavy (non-hydrogen) atoms. The first kappa shape index (κ1) is 15.8. The van der Waals surface area contributed by atoms with Gasteiger partial charge in [-0.2, -0.15) is 0 Å². The molecular formula is C18H28N2O2. The lowest BCUT2D eigenvalue weighted by atomic mass is 9.85. The first-order valence-electron chi connectivity index (χ1n) is 8.60. The third-order valence-electron chi connectivity index (χ3n) is 4.88. The summed E-state index contributed by atoms with van der Waals surface area (Å²) in [6.07, 6.45) is 5.47. The molecule has 2 fully saturated rings. The SMILES string of the molecule is OC1(CNCc2ccc(N3CCOCC3)cc2)CCCCC1. The molecular weight excluding hydrogens is 276 g/mol. The lowest BCUT2D eigenvalue weighted by molar-refractivity contribution is 0.00467. The van der Waals surface area contributed by atoms with Crippen molar-refractivity contribution in [3.05, 3.63) is 29.8 Å². The summed E-state index contributed by atoms with van der Waals surface area (Å²) in [6, 6.07) is 8.75. The largest absolute Gasteiger partial charge is 0.389 e. The Hall–Kier alpha value is -1.10. The summed E-state index contributed by atoms with van der Waals surface area (Å²) >= 11 is 0. The summed E-state index contributed by atoms with van der Waals surface area (Å²) in [7, 11) is 0. The van der Waals surface area contributed by atoms with E-state index in [1.807, 2.05) is 0 Å². The summed E-state index contributed by atoms with van der Waals surface area (Å²) < 4.78 is 5.39. The Balaban J connectivity index is 1.46. The molecule has 1 heterocycles. The van der Waals surface area contributed by atoms with Crippen molar-refractivity contribution in [2.75, 3.05) is 37.7 Å². The number of ether oxygens (including phenoxy) is 1. The maximum absolute atomic E-state index is 10.5. The lowest BCUT2D eigenvalue weighted by Crippen LogP contribution is -2.41. The molecule has 2 aliphatic rings. The van der Waals surface area contributed by atoms with E-state index >= 15 is 0 Å². The molecule has 0 bridgehead atoms. The number of hydrogen-bond acceptors (Lipinski definition) is 4. The highest BCUT2D eigenvalue weighted by Gasteiger charge is 2.28. The first-order chi connectivity index (χ1) is 10.8. The van der Waals surface area contributed by atoms with Gasteiger partial charge in [-0.1, -0.05) is 31.4 Å². The number of benzene rings is 1. The molecule has 1 saturated carbocycles. The fourth-order valence-corrected chi connectivity index (χ4v) is 3.47. The highest BCUT2D eigenvalue weighted by Crippen LogP contribution is 2.27. The standard InChI is InChI=1S/C18H28N2O2/c21-18(8-2-1-3-9-18)15-19-14-16-4-6-17(7-5-16)20-10-12-22-13-11-20/h4-7,19,21H,1-3,8-15H2. The fraction of sp³-hybridized carbons (Fsp3) is 0.667. The minimum Gasteiger partial charge on any atom is -0.389 e. The molecule has 0 atom stereocenters. The number of nitrogens with zero attached hydrogens (tertiary/aromatic N) is 1. The zero-order valence-corrected chi connectivity index (χ0v) is 13.4. The molecule has 3 rings (SSSR count). The van der Waals surface area contributed by atoms with Crippen molar-refractivity contribution in [1.29, 1.82) is 0 Å². The van der Waals surface area contributed by atoms with E-state index in [1.54, 1.807) is 0 Å². The molecule has 1 saturated heterocycles. The van der Waals surface area contributed by atoms with Crippen LogP contribution in [-0.2, 0) is 11.3 Å². The first-order valence-corrected chi connectivity index (χ1v) is 8.60. The number of nitrogens with one attached hydrogen (secondary N) is 1. The lowest BCUT2D eigenvalue weighted by Gasteiger charge is -2.32. The second-order valence-electron chi connectivity index (χ2n) is 6.65. The molecule has 0 amide bonds. The van der Waals surface area contributed by atoms with Gasteiger partial charge in [0.1, 0.15) is 0 Å². The van der Waals surface area contributed by atoms with Gasteiger partial charge in [0, 0.05) is 31.9 Å². The quantitative estimate of drug-likeness (QED) is 0.876. The van der Waals surface area contributed by atoms with Crippen LogP contribution in [0.15, 0.2) is 24.3 Å². The molecule has 4 heteroatoms. The van der Waals surface area contributed by atoms with Crippen molar-refractivity contribution in [3.63, 3.8) is 0 Å². The van der Waals surface area contributed by atoms with E-state index in [0.717, 1.165) is 58.5 Å². The zero-order chi connectivity index (χ0) is 15.3. The Morgan fingerprint density at radius 1 is 1.05 bits per heavy atom. The maximum Gasteiger partial charge on any atom is 0.0771 e. The predicted octanol–water partition coefficient (Wildman–Crippen LogP) is 2.31. The fourth-order valence-electron chi connectivity index (χ4n) is 3.47. The molecule has 2 N–H and O–H groups in total. The van der Waals surface area contributed by atoms with Crippen molar-refractivity contribution >= 4 is 5.69 Å². The summed E-state index contributed by atoms with van der Waals surface area (Å²) in [4.78, 5) is 2.37. The van der Waals surface area contributed by atoms with Gasteiger partial charge in [0.05, 0.1) is 18.8 Å². The van der Waals surface area contributed by atoms with E-state index < -0.39 is 5.60 Å². The van der Waals surface area contributed by atoms with E-state index in [4.69, 9.17) is 4.74 Å². The van der Waals surface area contributed by atoms with Gasteiger partial charge < -0.3 is 20.1 Å². The van der Waals surface area contributed by atoms with Crippen molar-refractivity contribution in [3.8, 4) is 0 Å². The van der Waals surface area contributed by atoms with Gasteiger partial charge in [0.15, 0.2) is 0 Å². The Morgan fingerprint density at radius 3 is 2.41 bits per heavy atom. The van der Waals surface area contributed by atoms with E-state index in [-0.39, 0.29) is 0 Å². The average molecular weight is 304 g/mol. The molecule has 122 valence electrons. The normalized spacial score (nSPS) is 21.8. The minimum atomic E-state index is -0.480. The second-order valence-corrected chi connectivity index (χ2v) is 6.65. The maximum atomic E-state index is 10.5. The Kier molecular flexibility index (Phi) is 5.34. The minimum absolute atomic E-state index is 0.480. The zero-order valence-electron chi connectivity index (χ0n) is 13.4. The molecule has 1 aliphatic carbocycles. The van der Waals surface area contributed by atoms with Crippen LogP contribution in [0.25, 0.3) is 0 Å². The van der Waals surface area contributed by atoms with Crippen LogP contribution in [0, 0.1) is 0 Å². The van der Waals surface area contributed by atoms with Gasteiger partial charge in [-0.15, -0.1) is 0 Å². The highest BCUT2D eigenvalue weighted by molar-refractivity contribution is 5.47. The van der Waals surface area contributed by atoms with Crippen LogP contribution in [0.5, 0.6) is 0 Å². The highest BCUT2D eigenvalue weighted by atomic mass is 16.5. The van der Waals surface area contributed by atoms with Crippen LogP contribution >= 0.6 is 0 Å². The molecule has 1 aliphatic heterocycles. The summed E-state index contributed by atoms with van der Waals surface area (Å²) in [5, 5.41) is 13.9. The van der Waals surface area contributed by atoms with Crippen molar-refractivity contribution in [2.24, 2.45) is 0 Å². The molecule has 0 spiro atoms. The van der Waals surface area contributed by atoms with E-state index in [2.05, 4.69) is 34.5 Å². The third-order valence-corrected chi connectivity index (χ3v) is 4.88. The average Bonchev–Trinajstić information content (AvgIpc) is 2.57. The number of anilines is 1. The molecule has 0 radical (unpaired) electrons. The van der Waals surface area contributed by atoms with Crippen LogP contribution in [0.3, 0.4) is 0 Å².